The number of hydrogen-bond acceptors (Lipinski definition) is 2. The number of nitrogens with one attached hydrogen (secondary N) is 1. The van der Waals surface area contributed by atoms with Crippen LogP contribution in [-0.2, 0) is 6.42 Å². The van der Waals surface area contributed by atoms with Crippen molar-refractivity contribution in [2.75, 3.05) is 0 Å². The molecule has 1 heterocycles. The Morgan fingerprint density at radius 3 is 3.00 bits per heavy atom. The van der Waals surface area contributed by atoms with Crippen LogP contribution in [0.1, 0.15) is 25.0 Å². The van der Waals surface area contributed by atoms with Gasteiger partial charge in [-0.1, -0.05) is 11.6 Å². The average Bonchev–Trinajstić information content (AvgIpc) is 2.87. The zero-order chi connectivity index (χ0) is 11.2. The van der Waals surface area contributed by atoms with Gasteiger partial charge in [0.2, 0.25) is 0 Å². The maximum atomic E-state index is 6.08. The van der Waals surface area contributed by atoms with E-state index in [1.165, 1.54) is 0 Å². The SMILES string of the molecule is NC1(CCc2[nH]nc3ccc(Cl)cc23)CC1. The predicted molar refractivity (Wildman–Crippen MR) is 65.6 cm³/mol. The summed E-state index contributed by atoms with van der Waals surface area (Å²) in [5.41, 5.74) is 8.29. The topological polar surface area (TPSA) is 54.7 Å². The van der Waals surface area contributed by atoms with Crippen LogP contribution in [0.3, 0.4) is 0 Å². The van der Waals surface area contributed by atoms with E-state index in [1.807, 2.05) is 18.2 Å². The van der Waals surface area contributed by atoms with Gasteiger partial charge in [0.15, 0.2) is 0 Å². The predicted octanol–water partition coefficient (Wildman–Crippen LogP) is 2.64. The zero-order valence-electron chi connectivity index (χ0n) is 8.96. The van der Waals surface area contributed by atoms with Crippen LogP contribution in [-0.4, -0.2) is 15.7 Å². The minimum absolute atomic E-state index is 0.0933. The third kappa shape index (κ3) is 1.81. The first-order chi connectivity index (χ1) is 7.66. The highest BCUT2D eigenvalue weighted by molar-refractivity contribution is 6.31. The van der Waals surface area contributed by atoms with Gasteiger partial charge in [0, 0.05) is 21.6 Å². The van der Waals surface area contributed by atoms with Crippen LogP contribution in [0, 0.1) is 0 Å². The third-order valence-electron chi connectivity index (χ3n) is 3.36. The number of nitrogens with two attached hydrogens (primary N) is 1. The Hall–Kier alpha value is -1.06. The molecule has 0 radical (unpaired) electrons. The third-order valence-corrected chi connectivity index (χ3v) is 3.60. The number of benzene rings is 1. The summed E-state index contributed by atoms with van der Waals surface area (Å²) >= 11 is 5.98. The Morgan fingerprint density at radius 2 is 2.25 bits per heavy atom. The molecule has 84 valence electrons. The van der Waals surface area contributed by atoms with Gasteiger partial charge < -0.3 is 5.73 Å². The molecule has 1 saturated carbocycles. The molecule has 0 atom stereocenters. The van der Waals surface area contributed by atoms with E-state index < -0.39 is 0 Å². The van der Waals surface area contributed by atoms with Gasteiger partial charge in [0.25, 0.3) is 0 Å². The Labute approximate surface area is 99.0 Å². The Bertz CT molecular complexity index is 528. The molecule has 1 fully saturated rings. The highest BCUT2D eigenvalue weighted by atomic mass is 35.5. The van der Waals surface area contributed by atoms with E-state index >= 15 is 0 Å². The van der Waals surface area contributed by atoms with Crippen molar-refractivity contribution in [1.82, 2.24) is 10.2 Å². The molecule has 1 aromatic heterocycles. The van der Waals surface area contributed by atoms with Crippen molar-refractivity contribution in [1.29, 1.82) is 0 Å². The second-order valence-corrected chi connectivity index (χ2v) is 5.16. The van der Waals surface area contributed by atoms with Gasteiger partial charge in [-0.25, -0.2) is 0 Å². The van der Waals surface area contributed by atoms with Crippen LogP contribution >= 0.6 is 11.6 Å². The van der Waals surface area contributed by atoms with E-state index in [4.69, 9.17) is 17.3 Å². The van der Waals surface area contributed by atoms with E-state index in [9.17, 15) is 0 Å². The highest BCUT2D eigenvalue weighted by Gasteiger charge is 2.37. The fourth-order valence-electron chi connectivity index (χ4n) is 2.01. The van der Waals surface area contributed by atoms with E-state index in [0.29, 0.717) is 0 Å². The molecule has 4 heteroatoms. The molecule has 1 aliphatic rings. The minimum atomic E-state index is 0.0933. The molecular weight excluding hydrogens is 222 g/mol. The summed E-state index contributed by atoms with van der Waals surface area (Å²) < 4.78 is 0. The summed E-state index contributed by atoms with van der Waals surface area (Å²) in [4.78, 5) is 0. The van der Waals surface area contributed by atoms with E-state index in [-0.39, 0.29) is 5.54 Å². The second kappa shape index (κ2) is 3.47. The van der Waals surface area contributed by atoms with Gasteiger partial charge in [-0.3, -0.25) is 5.10 Å². The van der Waals surface area contributed by atoms with Crippen molar-refractivity contribution < 1.29 is 0 Å². The molecule has 1 aromatic carbocycles. The Kier molecular flexibility index (Phi) is 2.19. The second-order valence-electron chi connectivity index (χ2n) is 4.73. The first-order valence-corrected chi connectivity index (χ1v) is 5.96. The van der Waals surface area contributed by atoms with E-state index in [2.05, 4.69) is 10.2 Å². The molecule has 1 aliphatic carbocycles. The summed E-state index contributed by atoms with van der Waals surface area (Å²) in [5.74, 6) is 0. The van der Waals surface area contributed by atoms with Crippen LogP contribution in [0.25, 0.3) is 10.9 Å². The number of rotatable bonds is 3. The number of aryl methyl sites for hydroxylation is 1. The number of halogens is 1. The molecule has 2 aromatic rings. The zero-order valence-corrected chi connectivity index (χ0v) is 9.72. The maximum Gasteiger partial charge on any atom is 0.0924 e. The maximum absolute atomic E-state index is 6.08. The molecule has 0 saturated heterocycles. The fraction of sp³-hybridized carbons (Fsp3) is 0.417. The molecular formula is C12H14ClN3. The van der Waals surface area contributed by atoms with Crippen molar-refractivity contribution >= 4 is 22.5 Å². The van der Waals surface area contributed by atoms with Gasteiger partial charge in [0.05, 0.1) is 5.52 Å². The number of nitrogens with zero attached hydrogens (tertiary/aromatic N) is 1. The molecule has 0 unspecified atom stereocenters. The summed E-state index contributed by atoms with van der Waals surface area (Å²) in [6.45, 7) is 0. The molecule has 3 nitrogen and oxygen atoms in total. The van der Waals surface area contributed by atoms with Gasteiger partial charge in [-0.05, 0) is 43.9 Å². The van der Waals surface area contributed by atoms with Crippen LogP contribution in [0.5, 0.6) is 0 Å². The van der Waals surface area contributed by atoms with Crippen LogP contribution in [0.15, 0.2) is 18.2 Å². The smallest absolute Gasteiger partial charge is 0.0924 e. The van der Waals surface area contributed by atoms with Crippen molar-refractivity contribution in [3.05, 3.63) is 28.9 Å². The lowest BCUT2D eigenvalue weighted by Crippen LogP contribution is -2.22. The lowest BCUT2D eigenvalue weighted by Gasteiger charge is -2.06. The van der Waals surface area contributed by atoms with Crippen LogP contribution in [0.4, 0.5) is 0 Å². The number of hydrogen-bond donors (Lipinski definition) is 2. The van der Waals surface area contributed by atoms with Crippen LogP contribution < -0.4 is 5.73 Å². The Balaban J connectivity index is 1.88. The summed E-state index contributed by atoms with van der Waals surface area (Å²) in [6.07, 6.45) is 4.28. The number of aromatic amines is 1. The van der Waals surface area contributed by atoms with Gasteiger partial charge in [-0.2, -0.15) is 5.10 Å². The average molecular weight is 236 g/mol. The molecule has 0 spiro atoms. The molecule has 0 amide bonds. The quantitative estimate of drug-likeness (QED) is 0.859. The standard InChI is InChI=1S/C12H14ClN3/c13-8-1-2-10-9(7-8)11(16-15-10)3-4-12(14)5-6-12/h1-2,7H,3-6,14H2,(H,15,16). The van der Waals surface area contributed by atoms with E-state index in [1.54, 1.807) is 0 Å². The first kappa shape index (κ1) is 10.1. The lowest BCUT2D eigenvalue weighted by atomic mass is 10.1. The Morgan fingerprint density at radius 1 is 1.44 bits per heavy atom. The van der Waals surface area contributed by atoms with Gasteiger partial charge in [0.1, 0.15) is 0 Å². The molecule has 3 rings (SSSR count). The van der Waals surface area contributed by atoms with Crippen molar-refractivity contribution in [3.8, 4) is 0 Å². The summed E-state index contributed by atoms with van der Waals surface area (Å²) in [5, 5.41) is 9.21. The van der Waals surface area contributed by atoms with Crippen LogP contribution in [0.2, 0.25) is 5.02 Å². The van der Waals surface area contributed by atoms with Crippen molar-refractivity contribution in [2.45, 2.75) is 31.2 Å². The number of H-pyrrole nitrogens is 1. The molecule has 16 heavy (non-hydrogen) atoms. The normalized spacial score (nSPS) is 17.9. The number of aromatic nitrogens is 2. The highest BCUT2D eigenvalue weighted by Crippen LogP contribution is 2.37. The van der Waals surface area contributed by atoms with Gasteiger partial charge >= 0.3 is 0 Å². The summed E-state index contributed by atoms with van der Waals surface area (Å²) in [7, 11) is 0. The fourth-order valence-corrected chi connectivity index (χ4v) is 2.18. The summed E-state index contributed by atoms with van der Waals surface area (Å²) in [6, 6.07) is 5.76. The molecule has 0 bridgehead atoms. The van der Waals surface area contributed by atoms with Crippen molar-refractivity contribution in [2.24, 2.45) is 5.73 Å². The van der Waals surface area contributed by atoms with Crippen molar-refractivity contribution in [3.63, 3.8) is 0 Å². The number of fused-ring (bicyclic) bond motifs is 1. The van der Waals surface area contributed by atoms with Gasteiger partial charge in [-0.15, -0.1) is 0 Å². The molecule has 0 aliphatic heterocycles. The lowest BCUT2D eigenvalue weighted by molar-refractivity contribution is 0.604. The monoisotopic (exact) mass is 235 g/mol. The first-order valence-electron chi connectivity index (χ1n) is 5.58. The largest absolute Gasteiger partial charge is 0.325 e. The minimum Gasteiger partial charge on any atom is -0.325 e. The van der Waals surface area contributed by atoms with E-state index in [0.717, 1.165) is 47.3 Å². The molecule has 3 N–H and O–H groups in total.